The number of methoxy groups -OCH3 is 2. The van der Waals surface area contributed by atoms with Crippen LogP contribution in [0.3, 0.4) is 0 Å². The fourth-order valence-corrected chi connectivity index (χ4v) is 4.38. The lowest BCUT2D eigenvalue weighted by atomic mass is 10.1. The van der Waals surface area contributed by atoms with Gasteiger partial charge in [-0.3, -0.25) is 9.59 Å². The zero-order valence-electron chi connectivity index (χ0n) is 23.2. The topological polar surface area (TPSA) is 64.0 Å². The highest BCUT2D eigenvalue weighted by molar-refractivity contribution is 5.86. The molecule has 7 nitrogen and oxygen atoms in total. The van der Waals surface area contributed by atoms with E-state index in [1.54, 1.807) is 19.1 Å². The summed E-state index contributed by atoms with van der Waals surface area (Å²) in [6.07, 6.45) is 4.17. The molecule has 0 radical (unpaired) electrons. The smallest absolute Gasteiger partial charge is 0.242 e. The van der Waals surface area contributed by atoms with Gasteiger partial charge in [-0.15, -0.1) is 0 Å². The summed E-state index contributed by atoms with van der Waals surface area (Å²) in [7, 11) is 3.21. The maximum atomic E-state index is 13.6. The first kappa shape index (κ1) is 29.0. The highest BCUT2D eigenvalue weighted by atomic mass is 16.5. The van der Waals surface area contributed by atoms with Gasteiger partial charge in [-0.2, -0.15) is 0 Å². The van der Waals surface area contributed by atoms with Crippen LogP contribution in [0.15, 0.2) is 66.9 Å². The Morgan fingerprint density at radius 1 is 0.895 bits per heavy atom. The highest BCUT2D eigenvalue weighted by Gasteiger charge is 2.22. The Morgan fingerprint density at radius 3 is 2.37 bits per heavy atom. The molecule has 1 aromatic heterocycles. The standard InChI is InChI=1S/C31H41N3O4/c1-5-6-16-33(23-28-11-8-17-32(28)22-27-10-7-9-25(2)20-27)31(36)24-34(18-19-37-3)30(35)21-26-12-14-29(38-4)15-13-26/h7-15,17,20H,5-6,16,18-19,21-24H2,1-4H3. The fraction of sp³-hybridized carbons (Fsp3) is 0.419. The maximum Gasteiger partial charge on any atom is 0.242 e. The van der Waals surface area contributed by atoms with E-state index in [1.807, 2.05) is 35.2 Å². The van der Waals surface area contributed by atoms with E-state index in [2.05, 4.69) is 54.9 Å². The second kappa shape index (κ2) is 15.0. The van der Waals surface area contributed by atoms with Gasteiger partial charge in [-0.25, -0.2) is 0 Å². The zero-order chi connectivity index (χ0) is 27.3. The Hall–Kier alpha value is -3.58. The first-order valence-corrected chi connectivity index (χ1v) is 13.3. The molecule has 0 aliphatic heterocycles. The van der Waals surface area contributed by atoms with E-state index in [-0.39, 0.29) is 24.8 Å². The van der Waals surface area contributed by atoms with Gasteiger partial charge < -0.3 is 23.8 Å². The second-order valence-corrected chi connectivity index (χ2v) is 9.62. The van der Waals surface area contributed by atoms with Crippen LogP contribution < -0.4 is 4.74 Å². The summed E-state index contributed by atoms with van der Waals surface area (Å²) < 4.78 is 12.6. The third kappa shape index (κ3) is 8.77. The van der Waals surface area contributed by atoms with E-state index < -0.39 is 0 Å². The van der Waals surface area contributed by atoms with Crippen LogP contribution in [0, 0.1) is 6.92 Å². The van der Waals surface area contributed by atoms with Crippen molar-refractivity contribution in [2.24, 2.45) is 0 Å². The van der Waals surface area contributed by atoms with Crippen LogP contribution in [0.1, 0.15) is 42.1 Å². The number of aryl methyl sites for hydroxylation is 1. The minimum atomic E-state index is -0.0983. The monoisotopic (exact) mass is 519 g/mol. The van der Waals surface area contributed by atoms with Gasteiger partial charge in [0.1, 0.15) is 5.75 Å². The predicted molar refractivity (Wildman–Crippen MR) is 150 cm³/mol. The first-order valence-electron chi connectivity index (χ1n) is 13.3. The number of nitrogens with zero attached hydrogens (tertiary/aromatic N) is 3. The van der Waals surface area contributed by atoms with Crippen LogP contribution in [-0.4, -0.2) is 66.6 Å². The van der Waals surface area contributed by atoms with Crippen molar-refractivity contribution in [3.63, 3.8) is 0 Å². The van der Waals surface area contributed by atoms with Gasteiger partial charge in [0, 0.05) is 38.6 Å². The molecule has 0 spiro atoms. The quantitative estimate of drug-likeness (QED) is 0.292. The molecule has 0 saturated carbocycles. The van der Waals surface area contributed by atoms with E-state index in [9.17, 15) is 9.59 Å². The van der Waals surface area contributed by atoms with Gasteiger partial charge in [-0.05, 0) is 48.7 Å². The maximum absolute atomic E-state index is 13.6. The van der Waals surface area contributed by atoms with E-state index in [1.165, 1.54) is 11.1 Å². The summed E-state index contributed by atoms with van der Waals surface area (Å²) in [6.45, 7) is 6.88. The number of unbranched alkanes of at least 4 members (excludes halogenated alkanes) is 1. The number of aromatic nitrogens is 1. The predicted octanol–water partition coefficient (Wildman–Crippen LogP) is 4.70. The Balaban J connectivity index is 1.71. The lowest BCUT2D eigenvalue weighted by Gasteiger charge is -2.28. The Bertz CT molecular complexity index is 1160. The van der Waals surface area contributed by atoms with E-state index in [0.29, 0.717) is 26.2 Å². The summed E-state index contributed by atoms with van der Waals surface area (Å²) >= 11 is 0. The van der Waals surface area contributed by atoms with Gasteiger partial charge in [0.15, 0.2) is 0 Å². The normalized spacial score (nSPS) is 10.8. The summed E-state index contributed by atoms with van der Waals surface area (Å²) in [4.78, 5) is 30.3. The minimum absolute atomic E-state index is 0.0284. The lowest BCUT2D eigenvalue weighted by Crippen LogP contribution is -2.45. The zero-order valence-corrected chi connectivity index (χ0v) is 23.2. The van der Waals surface area contributed by atoms with Crippen molar-refractivity contribution in [1.29, 1.82) is 0 Å². The number of benzene rings is 2. The largest absolute Gasteiger partial charge is 0.497 e. The molecule has 7 heteroatoms. The van der Waals surface area contributed by atoms with Crippen LogP contribution in [0.4, 0.5) is 0 Å². The van der Waals surface area contributed by atoms with Crippen molar-refractivity contribution in [1.82, 2.24) is 14.4 Å². The number of carbonyl (C=O) groups is 2. The van der Waals surface area contributed by atoms with Gasteiger partial charge in [0.2, 0.25) is 11.8 Å². The third-order valence-electron chi connectivity index (χ3n) is 6.60. The molecule has 0 aliphatic carbocycles. The van der Waals surface area contributed by atoms with E-state index in [0.717, 1.165) is 36.4 Å². The van der Waals surface area contributed by atoms with E-state index in [4.69, 9.17) is 9.47 Å². The molecule has 2 amide bonds. The van der Waals surface area contributed by atoms with Gasteiger partial charge in [0.25, 0.3) is 0 Å². The molecular formula is C31H41N3O4. The van der Waals surface area contributed by atoms with Crippen LogP contribution >= 0.6 is 0 Å². The number of amides is 2. The molecule has 2 aromatic carbocycles. The summed E-state index contributed by atoms with van der Waals surface area (Å²) in [5, 5.41) is 0. The molecule has 3 rings (SSSR count). The molecule has 0 aliphatic rings. The lowest BCUT2D eigenvalue weighted by molar-refractivity contribution is -0.141. The Kier molecular flexibility index (Phi) is 11.4. The van der Waals surface area contributed by atoms with Crippen molar-refractivity contribution in [3.8, 4) is 5.75 Å². The van der Waals surface area contributed by atoms with Gasteiger partial charge in [0.05, 0.1) is 33.2 Å². The number of ether oxygens (including phenoxy) is 2. The van der Waals surface area contributed by atoms with Crippen molar-refractivity contribution < 1.29 is 19.1 Å². The van der Waals surface area contributed by atoms with Crippen LogP contribution in [0.2, 0.25) is 0 Å². The molecule has 3 aromatic rings. The van der Waals surface area contributed by atoms with Gasteiger partial charge in [-0.1, -0.05) is 55.3 Å². The molecule has 0 N–H and O–H groups in total. The summed E-state index contributed by atoms with van der Waals surface area (Å²) in [6, 6.07) is 20.0. The highest BCUT2D eigenvalue weighted by Crippen LogP contribution is 2.15. The van der Waals surface area contributed by atoms with Crippen molar-refractivity contribution >= 4 is 11.8 Å². The molecule has 204 valence electrons. The van der Waals surface area contributed by atoms with E-state index >= 15 is 0 Å². The van der Waals surface area contributed by atoms with Crippen molar-refractivity contribution in [2.45, 2.75) is 46.2 Å². The number of carbonyl (C=O) groups excluding carboxylic acids is 2. The fourth-order valence-electron chi connectivity index (χ4n) is 4.38. The van der Waals surface area contributed by atoms with Crippen LogP contribution in [-0.2, 0) is 33.8 Å². The number of rotatable bonds is 15. The SMILES string of the molecule is CCCCN(Cc1cccn1Cc1cccc(C)c1)C(=O)CN(CCOC)C(=O)Cc1ccc(OC)cc1. The Labute approximate surface area is 227 Å². The van der Waals surface area contributed by atoms with Gasteiger partial charge >= 0.3 is 0 Å². The summed E-state index contributed by atoms with van der Waals surface area (Å²) in [5.41, 5.74) is 4.40. The van der Waals surface area contributed by atoms with Crippen LogP contribution in [0.25, 0.3) is 0 Å². The minimum Gasteiger partial charge on any atom is -0.497 e. The van der Waals surface area contributed by atoms with Crippen LogP contribution in [0.5, 0.6) is 5.75 Å². The second-order valence-electron chi connectivity index (χ2n) is 9.62. The van der Waals surface area contributed by atoms with Crippen molar-refractivity contribution in [3.05, 3.63) is 89.2 Å². The third-order valence-corrected chi connectivity index (χ3v) is 6.60. The summed E-state index contributed by atoms with van der Waals surface area (Å²) in [5.74, 6) is 0.589. The molecule has 0 saturated heterocycles. The molecule has 0 unspecified atom stereocenters. The van der Waals surface area contributed by atoms with Crippen molar-refractivity contribution in [2.75, 3.05) is 40.5 Å². The molecule has 0 bridgehead atoms. The molecule has 0 fully saturated rings. The first-order chi connectivity index (χ1) is 18.4. The molecular weight excluding hydrogens is 478 g/mol. The number of hydrogen-bond donors (Lipinski definition) is 0. The average Bonchev–Trinajstić information content (AvgIpc) is 3.35. The Morgan fingerprint density at radius 2 is 1.68 bits per heavy atom. The molecule has 38 heavy (non-hydrogen) atoms. The molecule has 0 atom stereocenters. The molecule has 1 heterocycles. The average molecular weight is 520 g/mol. The number of hydrogen-bond acceptors (Lipinski definition) is 4.